The maximum Gasteiger partial charge on any atom is 0.343 e. The van der Waals surface area contributed by atoms with E-state index >= 15 is 0 Å². The van der Waals surface area contributed by atoms with E-state index in [1.54, 1.807) is 0 Å². The van der Waals surface area contributed by atoms with E-state index in [-0.39, 0.29) is 23.1 Å². The molecule has 0 amide bonds. The smallest absolute Gasteiger partial charge is 0.343 e. The molecule has 0 saturated heterocycles. The highest BCUT2D eigenvalue weighted by molar-refractivity contribution is 7.32. The number of para-hydroxylation sites is 1. The summed E-state index contributed by atoms with van der Waals surface area (Å²) in [6.45, 7) is 18.6. The van der Waals surface area contributed by atoms with Crippen molar-refractivity contribution in [2.24, 2.45) is 0 Å². The van der Waals surface area contributed by atoms with E-state index in [2.05, 4.69) is 229 Å². The van der Waals surface area contributed by atoms with Crippen LogP contribution in [0.2, 0.25) is 0 Å². The Morgan fingerprint density at radius 3 is 1.92 bits per heavy atom. The lowest BCUT2D eigenvalue weighted by Gasteiger charge is -2.46. The van der Waals surface area contributed by atoms with E-state index in [1.807, 2.05) is 11.3 Å². The second kappa shape index (κ2) is 13.6. The van der Waals surface area contributed by atoms with Crippen LogP contribution in [0.4, 0.5) is 28.4 Å². The van der Waals surface area contributed by atoms with E-state index in [1.165, 1.54) is 104 Å². The van der Waals surface area contributed by atoms with Crippen molar-refractivity contribution in [3.8, 4) is 33.4 Å². The van der Waals surface area contributed by atoms with Crippen LogP contribution in [0, 0.1) is 0 Å². The molecule has 0 fully saturated rings. The van der Waals surface area contributed by atoms with Crippen LogP contribution in [-0.4, -0.2) is 6.85 Å². The third kappa shape index (κ3) is 5.56. The highest BCUT2D eigenvalue weighted by atomic mass is 32.1. The fourth-order valence-corrected chi connectivity index (χ4v) is 12.9. The third-order valence-electron chi connectivity index (χ3n) is 14.9. The number of furan rings is 1. The standard InChI is InChI=1S/C61H51BN2OS/c1-59(2,3)38-23-27-40(28-24-38)63-50-34-45-42-18-12-14-20-48(42)61(7,8)55(45)54-46-35-52-44(43-19-13-15-21-51(43)65-52)33-49(46)64(41-29-25-39(26-30-41)60(4,5)6)62(56(50)54)58-57(63)47-32-37(22-31-53(47)66-58)36-16-10-9-11-17-36/h9-35H,1-8H3. The molecule has 13 rings (SSSR count). The molecule has 0 atom stereocenters. The normalized spacial score (nSPS) is 14.7. The number of anilines is 5. The number of nitrogens with zero attached hydrogens (tertiary/aromatic N) is 2. The van der Waals surface area contributed by atoms with Crippen LogP contribution in [0.25, 0.3) is 65.4 Å². The molecule has 320 valence electrons. The molecule has 3 aliphatic rings. The topological polar surface area (TPSA) is 19.6 Å². The number of fused-ring (bicyclic) bond motifs is 13. The van der Waals surface area contributed by atoms with Gasteiger partial charge in [-0.05, 0) is 127 Å². The first kappa shape index (κ1) is 39.5. The molecule has 2 aliphatic heterocycles. The number of hydrogen-bond acceptors (Lipinski definition) is 4. The van der Waals surface area contributed by atoms with E-state index in [0.717, 1.165) is 21.9 Å². The summed E-state index contributed by atoms with van der Waals surface area (Å²) < 4.78 is 9.44. The van der Waals surface area contributed by atoms with E-state index in [0.29, 0.717) is 0 Å². The Hall–Kier alpha value is -6.82. The number of benzene rings is 8. The van der Waals surface area contributed by atoms with Gasteiger partial charge in [0.15, 0.2) is 0 Å². The van der Waals surface area contributed by atoms with Gasteiger partial charge in [0.1, 0.15) is 11.2 Å². The molecule has 8 aromatic carbocycles. The Kier molecular flexibility index (Phi) is 8.16. The second-order valence-electron chi connectivity index (χ2n) is 21.3. The molecule has 3 nitrogen and oxygen atoms in total. The molecule has 5 heteroatoms. The molecular weight excluding hydrogens is 820 g/mol. The van der Waals surface area contributed by atoms with Crippen molar-refractivity contribution in [1.82, 2.24) is 0 Å². The average molecular weight is 871 g/mol. The Bertz CT molecular complexity index is 3640. The quantitative estimate of drug-likeness (QED) is 0.165. The summed E-state index contributed by atoms with van der Waals surface area (Å²) in [4.78, 5) is 5.31. The Morgan fingerprint density at radius 1 is 0.530 bits per heavy atom. The summed E-state index contributed by atoms with van der Waals surface area (Å²) in [6, 6.07) is 61.9. The second-order valence-corrected chi connectivity index (χ2v) is 22.4. The van der Waals surface area contributed by atoms with Crippen molar-refractivity contribution in [3.63, 3.8) is 0 Å². The van der Waals surface area contributed by atoms with Crippen molar-refractivity contribution in [2.45, 2.75) is 71.6 Å². The molecule has 0 spiro atoms. The van der Waals surface area contributed by atoms with Crippen LogP contribution in [0.3, 0.4) is 0 Å². The van der Waals surface area contributed by atoms with Crippen molar-refractivity contribution >= 4 is 88.9 Å². The lowest BCUT2D eigenvalue weighted by Crippen LogP contribution is -2.61. The summed E-state index contributed by atoms with van der Waals surface area (Å²) in [7, 11) is 0. The largest absolute Gasteiger partial charge is 0.456 e. The molecule has 1 aliphatic carbocycles. The summed E-state index contributed by atoms with van der Waals surface area (Å²) >= 11 is 1.96. The first-order valence-corrected chi connectivity index (χ1v) is 24.3. The molecule has 0 unspecified atom stereocenters. The predicted octanol–water partition coefficient (Wildman–Crippen LogP) is 16.1. The maximum absolute atomic E-state index is 6.80. The Morgan fingerprint density at radius 2 is 1.20 bits per heavy atom. The van der Waals surface area contributed by atoms with E-state index < -0.39 is 0 Å². The van der Waals surface area contributed by atoms with Crippen molar-refractivity contribution < 1.29 is 4.42 Å². The van der Waals surface area contributed by atoms with Crippen LogP contribution in [0.15, 0.2) is 168 Å². The van der Waals surface area contributed by atoms with Crippen LogP contribution in [0.1, 0.15) is 77.6 Å². The van der Waals surface area contributed by atoms with Crippen molar-refractivity contribution in [1.29, 1.82) is 0 Å². The van der Waals surface area contributed by atoms with Gasteiger partial charge < -0.3 is 14.1 Å². The fraction of sp³-hybridized carbons (Fsp3) is 0.180. The minimum absolute atomic E-state index is 0.0180. The molecule has 0 N–H and O–H groups in total. The van der Waals surface area contributed by atoms with Crippen molar-refractivity contribution in [2.75, 3.05) is 9.71 Å². The zero-order chi connectivity index (χ0) is 45.0. The van der Waals surface area contributed by atoms with E-state index in [4.69, 9.17) is 4.42 Å². The monoisotopic (exact) mass is 870 g/mol. The van der Waals surface area contributed by atoms with Gasteiger partial charge in [0, 0.05) is 59.4 Å². The van der Waals surface area contributed by atoms with Gasteiger partial charge in [-0.1, -0.05) is 159 Å². The number of rotatable bonds is 3. The van der Waals surface area contributed by atoms with Gasteiger partial charge >= 0.3 is 6.85 Å². The first-order valence-electron chi connectivity index (χ1n) is 23.4. The third-order valence-corrected chi connectivity index (χ3v) is 16.1. The van der Waals surface area contributed by atoms with Gasteiger partial charge in [0.2, 0.25) is 0 Å². The van der Waals surface area contributed by atoms with Gasteiger partial charge in [-0.2, -0.15) is 0 Å². The Labute approximate surface area is 392 Å². The molecule has 10 aromatic rings. The molecule has 0 radical (unpaired) electrons. The minimum Gasteiger partial charge on any atom is -0.456 e. The fourth-order valence-electron chi connectivity index (χ4n) is 11.6. The van der Waals surface area contributed by atoms with E-state index in [9.17, 15) is 0 Å². The summed E-state index contributed by atoms with van der Waals surface area (Å²) in [5.41, 5.74) is 22.0. The summed E-state index contributed by atoms with van der Waals surface area (Å²) in [5.74, 6) is 0. The van der Waals surface area contributed by atoms with Crippen LogP contribution >= 0.6 is 11.3 Å². The highest BCUT2D eigenvalue weighted by Crippen LogP contribution is 2.59. The highest BCUT2D eigenvalue weighted by Gasteiger charge is 2.51. The molecule has 0 saturated carbocycles. The maximum atomic E-state index is 6.80. The zero-order valence-corrected chi connectivity index (χ0v) is 39.7. The van der Waals surface area contributed by atoms with Crippen LogP contribution < -0.4 is 20.0 Å². The van der Waals surface area contributed by atoms with Gasteiger partial charge in [-0.25, -0.2) is 0 Å². The number of hydrogen-bond donors (Lipinski definition) is 0. The van der Waals surface area contributed by atoms with Crippen molar-refractivity contribution in [3.05, 3.63) is 186 Å². The predicted molar refractivity (Wildman–Crippen MR) is 283 cm³/mol. The molecular formula is C61H51BN2OS. The first-order chi connectivity index (χ1) is 31.8. The zero-order valence-electron chi connectivity index (χ0n) is 38.9. The van der Waals surface area contributed by atoms with Crippen LogP contribution in [0.5, 0.6) is 0 Å². The van der Waals surface area contributed by atoms with Gasteiger partial charge in [-0.15, -0.1) is 11.3 Å². The van der Waals surface area contributed by atoms with Gasteiger partial charge in [0.25, 0.3) is 0 Å². The minimum atomic E-state index is -0.262. The van der Waals surface area contributed by atoms with Crippen LogP contribution in [-0.2, 0) is 16.2 Å². The lowest BCUT2D eigenvalue weighted by molar-refractivity contribution is 0.590. The van der Waals surface area contributed by atoms with Gasteiger partial charge in [0.05, 0.1) is 5.69 Å². The SMILES string of the molecule is CC(C)(C)c1ccc(N2B3c4sc5ccc(-c6ccccc6)cc5c4N(c4ccc(C(C)(C)C)cc4)c4cc5c(c(c43)-c3cc4oc6ccccc6c4cc32)C(C)(C)c2ccccc2-5)cc1. The molecule has 66 heavy (non-hydrogen) atoms. The summed E-state index contributed by atoms with van der Waals surface area (Å²) in [5, 5.41) is 3.55. The Balaban J connectivity index is 1.20. The molecule has 0 bridgehead atoms. The van der Waals surface area contributed by atoms with Gasteiger partial charge in [-0.3, -0.25) is 0 Å². The molecule has 2 aromatic heterocycles. The number of thiophene rings is 1. The molecule has 4 heterocycles. The average Bonchev–Trinajstić information content (AvgIpc) is 3.95. The lowest BCUT2D eigenvalue weighted by atomic mass is 9.45. The summed E-state index contributed by atoms with van der Waals surface area (Å²) in [6.07, 6.45) is 0.